The Bertz CT molecular complexity index is 1180. The first-order valence-electron chi connectivity index (χ1n) is 9.73. The number of anilines is 2. The molecule has 0 radical (unpaired) electrons. The minimum Gasteiger partial charge on any atom is -0.337 e. The van der Waals surface area contributed by atoms with Crippen LogP contribution in [0.4, 0.5) is 15.9 Å². The second kappa shape index (κ2) is 6.77. The van der Waals surface area contributed by atoms with E-state index in [2.05, 4.69) is 25.2 Å². The summed E-state index contributed by atoms with van der Waals surface area (Å²) in [5.41, 5.74) is 0.993. The van der Waals surface area contributed by atoms with Crippen molar-refractivity contribution in [2.24, 2.45) is 0 Å². The Hall–Kier alpha value is -2.52. The van der Waals surface area contributed by atoms with Crippen molar-refractivity contribution in [1.29, 1.82) is 0 Å². The van der Waals surface area contributed by atoms with E-state index in [9.17, 15) is 12.8 Å². The third-order valence-corrected chi connectivity index (χ3v) is 7.08. The molecule has 1 aromatic carbocycles. The van der Waals surface area contributed by atoms with Gasteiger partial charge < -0.3 is 15.2 Å². The topological polar surface area (TPSA) is 88.9 Å². The Kier molecular flexibility index (Phi) is 4.32. The van der Waals surface area contributed by atoms with Crippen LogP contribution in [0.2, 0.25) is 0 Å². The van der Waals surface area contributed by atoms with Gasteiger partial charge in [0.05, 0.1) is 16.0 Å². The summed E-state index contributed by atoms with van der Waals surface area (Å²) in [6, 6.07) is 7.29. The molecule has 2 saturated heterocycles. The van der Waals surface area contributed by atoms with Crippen molar-refractivity contribution in [3.05, 3.63) is 42.6 Å². The van der Waals surface area contributed by atoms with E-state index in [4.69, 9.17) is 0 Å². The molecular formula is C20H22FN5O2S. The van der Waals surface area contributed by atoms with Crippen molar-refractivity contribution in [1.82, 2.24) is 19.9 Å². The Morgan fingerprint density at radius 1 is 1.17 bits per heavy atom. The summed E-state index contributed by atoms with van der Waals surface area (Å²) in [5.74, 6) is -0.147. The molecule has 29 heavy (non-hydrogen) atoms. The normalized spacial score (nSPS) is 24.1. The first-order chi connectivity index (χ1) is 13.9. The summed E-state index contributed by atoms with van der Waals surface area (Å²) in [6.45, 7) is 0. The van der Waals surface area contributed by atoms with E-state index in [0.717, 1.165) is 36.2 Å². The molecule has 0 amide bonds. The van der Waals surface area contributed by atoms with Crippen molar-refractivity contribution >= 4 is 32.4 Å². The highest BCUT2D eigenvalue weighted by atomic mass is 32.2. The molecule has 5 rings (SSSR count). The van der Waals surface area contributed by atoms with Crippen LogP contribution in [0.15, 0.2) is 41.7 Å². The van der Waals surface area contributed by atoms with Gasteiger partial charge in [0.1, 0.15) is 23.6 Å². The van der Waals surface area contributed by atoms with E-state index in [1.165, 1.54) is 31.3 Å². The summed E-state index contributed by atoms with van der Waals surface area (Å²) in [7, 11) is -3.46. The minimum absolute atomic E-state index is 0.0555. The standard InChI is InChI=1S/C20H22FN5O2S/c1-29(27,28)15-4-5-18(17(21)10-15)25-19-16-6-7-26(20(16)23-11-22-19)14-8-12-2-3-13(9-14)24-12/h4-7,10-14,24H,2-3,8-9H2,1H3,(H,22,23,25)/t12-,13-/m0/s1. The number of nitrogens with zero attached hydrogens (tertiary/aromatic N) is 3. The molecule has 2 aliphatic heterocycles. The number of hydrogen-bond donors (Lipinski definition) is 2. The molecule has 0 spiro atoms. The molecule has 2 atom stereocenters. The van der Waals surface area contributed by atoms with Crippen LogP contribution < -0.4 is 10.6 Å². The third kappa shape index (κ3) is 3.38. The molecule has 2 aliphatic rings. The van der Waals surface area contributed by atoms with E-state index in [0.29, 0.717) is 23.9 Å². The van der Waals surface area contributed by atoms with E-state index in [1.807, 2.05) is 12.3 Å². The average Bonchev–Trinajstić information content (AvgIpc) is 3.26. The highest BCUT2D eigenvalue weighted by Gasteiger charge is 2.34. The van der Waals surface area contributed by atoms with Crippen molar-refractivity contribution in [3.8, 4) is 0 Å². The molecule has 2 N–H and O–H groups in total. The molecule has 2 fully saturated rings. The van der Waals surface area contributed by atoms with Gasteiger partial charge in [-0.1, -0.05) is 0 Å². The van der Waals surface area contributed by atoms with Gasteiger partial charge in [-0.05, 0) is 49.9 Å². The largest absolute Gasteiger partial charge is 0.337 e. The van der Waals surface area contributed by atoms with Crippen molar-refractivity contribution in [3.63, 3.8) is 0 Å². The molecule has 0 aliphatic carbocycles. The maximum Gasteiger partial charge on any atom is 0.175 e. The van der Waals surface area contributed by atoms with Gasteiger partial charge in [0.15, 0.2) is 9.84 Å². The number of benzene rings is 1. The lowest BCUT2D eigenvalue weighted by molar-refractivity contribution is 0.303. The zero-order valence-corrected chi connectivity index (χ0v) is 16.8. The van der Waals surface area contributed by atoms with Crippen LogP contribution in [0.1, 0.15) is 31.7 Å². The molecule has 0 saturated carbocycles. The fourth-order valence-electron chi connectivity index (χ4n) is 4.57. The van der Waals surface area contributed by atoms with E-state index in [-0.39, 0.29) is 10.6 Å². The van der Waals surface area contributed by atoms with E-state index in [1.54, 1.807) is 0 Å². The lowest BCUT2D eigenvalue weighted by atomic mass is 10.00. The summed E-state index contributed by atoms with van der Waals surface area (Å²) < 4.78 is 39.9. The van der Waals surface area contributed by atoms with Crippen LogP contribution in [0, 0.1) is 5.82 Å². The second-order valence-electron chi connectivity index (χ2n) is 7.98. The monoisotopic (exact) mass is 415 g/mol. The van der Waals surface area contributed by atoms with Crippen molar-refractivity contribution < 1.29 is 12.8 Å². The molecule has 152 valence electrons. The minimum atomic E-state index is -3.46. The van der Waals surface area contributed by atoms with Gasteiger partial charge in [0.25, 0.3) is 0 Å². The summed E-state index contributed by atoms with van der Waals surface area (Å²) in [5, 5.41) is 7.46. The summed E-state index contributed by atoms with van der Waals surface area (Å²) in [6.07, 6.45) is 9.17. The number of piperidine rings is 1. The second-order valence-corrected chi connectivity index (χ2v) is 10.0. The fourth-order valence-corrected chi connectivity index (χ4v) is 5.21. The van der Waals surface area contributed by atoms with Gasteiger partial charge in [0.2, 0.25) is 0 Å². The maximum atomic E-state index is 14.5. The fraction of sp³-hybridized carbons (Fsp3) is 0.400. The number of rotatable bonds is 4. The number of nitrogens with one attached hydrogen (secondary N) is 2. The highest BCUT2D eigenvalue weighted by Crippen LogP contribution is 2.36. The number of fused-ring (bicyclic) bond motifs is 3. The predicted octanol–water partition coefficient (Wildman–Crippen LogP) is 3.17. The molecule has 9 heteroatoms. The highest BCUT2D eigenvalue weighted by molar-refractivity contribution is 7.90. The van der Waals surface area contributed by atoms with Crippen LogP contribution in [-0.4, -0.2) is 41.3 Å². The first kappa shape index (κ1) is 18.5. The van der Waals surface area contributed by atoms with Gasteiger partial charge in [-0.25, -0.2) is 22.8 Å². The van der Waals surface area contributed by atoms with Crippen LogP contribution in [0.3, 0.4) is 0 Å². The van der Waals surface area contributed by atoms with E-state index >= 15 is 0 Å². The number of halogens is 1. The Balaban J connectivity index is 1.47. The predicted molar refractivity (Wildman–Crippen MR) is 109 cm³/mol. The third-order valence-electron chi connectivity index (χ3n) is 5.97. The van der Waals surface area contributed by atoms with Crippen molar-refractivity contribution in [2.75, 3.05) is 11.6 Å². The zero-order chi connectivity index (χ0) is 20.2. The Labute approximate surface area is 168 Å². The first-order valence-corrected chi connectivity index (χ1v) is 11.6. The van der Waals surface area contributed by atoms with Gasteiger partial charge in [-0.3, -0.25) is 0 Å². The number of sulfone groups is 1. The number of hydrogen-bond acceptors (Lipinski definition) is 6. The van der Waals surface area contributed by atoms with Gasteiger partial charge in [-0.2, -0.15) is 0 Å². The molecule has 2 aromatic heterocycles. The quantitative estimate of drug-likeness (QED) is 0.680. The average molecular weight is 415 g/mol. The van der Waals surface area contributed by atoms with Crippen LogP contribution in [-0.2, 0) is 9.84 Å². The van der Waals surface area contributed by atoms with Crippen LogP contribution >= 0.6 is 0 Å². The smallest absolute Gasteiger partial charge is 0.175 e. The maximum absolute atomic E-state index is 14.5. The summed E-state index contributed by atoms with van der Waals surface area (Å²) >= 11 is 0. The van der Waals surface area contributed by atoms with Gasteiger partial charge in [-0.15, -0.1) is 0 Å². The molecule has 3 aromatic rings. The van der Waals surface area contributed by atoms with Crippen LogP contribution in [0.5, 0.6) is 0 Å². The molecule has 2 bridgehead atoms. The SMILES string of the molecule is CS(=O)(=O)c1ccc(Nc2ncnc3c2ccn3C2C[C@@H]3CC[C@@H](C2)N3)c(F)c1. The van der Waals surface area contributed by atoms with E-state index < -0.39 is 15.7 Å². The van der Waals surface area contributed by atoms with Gasteiger partial charge in [0, 0.05) is 30.6 Å². The summed E-state index contributed by atoms with van der Waals surface area (Å²) in [4.78, 5) is 8.70. The lowest BCUT2D eigenvalue weighted by Crippen LogP contribution is -2.38. The molecular weight excluding hydrogens is 393 g/mol. The lowest BCUT2D eigenvalue weighted by Gasteiger charge is -2.30. The van der Waals surface area contributed by atoms with Gasteiger partial charge >= 0.3 is 0 Å². The zero-order valence-electron chi connectivity index (χ0n) is 16.0. The number of aromatic nitrogens is 3. The Morgan fingerprint density at radius 3 is 2.62 bits per heavy atom. The molecule has 4 heterocycles. The molecule has 7 nitrogen and oxygen atoms in total. The Morgan fingerprint density at radius 2 is 1.93 bits per heavy atom. The van der Waals surface area contributed by atoms with Crippen molar-refractivity contribution in [2.45, 2.75) is 48.7 Å². The molecule has 0 unspecified atom stereocenters. The van der Waals surface area contributed by atoms with Crippen LogP contribution in [0.25, 0.3) is 11.0 Å².